The van der Waals surface area contributed by atoms with E-state index in [9.17, 15) is 9.59 Å². The second kappa shape index (κ2) is 8.92. The Morgan fingerprint density at radius 2 is 1.11 bits per heavy atom. The van der Waals surface area contributed by atoms with E-state index in [2.05, 4.69) is 36.4 Å². The lowest BCUT2D eigenvalue weighted by molar-refractivity contribution is -0.140. The van der Waals surface area contributed by atoms with Crippen molar-refractivity contribution in [3.05, 3.63) is 91.0 Å². The Kier molecular flexibility index (Phi) is 6.35. The molecule has 3 aromatic rings. The molecule has 0 unspecified atom stereocenters. The number of Topliss-reactive ketones (excluding diaryl/α,β-unsaturated/α-hetero) is 1. The number of hydrogen-bond acceptors (Lipinski definition) is 3. The Morgan fingerprint density at radius 1 is 0.750 bits per heavy atom. The zero-order valence-corrected chi connectivity index (χ0v) is 16.3. The van der Waals surface area contributed by atoms with Crippen LogP contribution in [0.3, 0.4) is 0 Å². The summed E-state index contributed by atoms with van der Waals surface area (Å²) >= 11 is 0. The Labute approximate surface area is 165 Å². The van der Waals surface area contributed by atoms with Gasteiger partial charge in [-0.25, -0.2) is 0 Å². The van der Waals surface area contributed by atoms with Crippen LogP contribution >= 0.6 is 7.26 Å². The summed E-state index contributed by atoms with van der Waals surface area (Å²) in [4.78, 5) is 24.1. The van der Waals surface area contributed by atoms with Crippen LogP contribution in [-0.2, 0) is 9.59 Å². The molecule has 0 saturated heterocycles. The summed E-state index contributed by atoms with van der Waals surface area (Å²) in [7, 11) is -2.29. The van der Waals surface area contributed by atoms with Crippen LogP contribution in [0.4, 0.5) is 0 Å². The van der Waals surface area contributed by atoms with Crippen molar-refractivity contribution in [3.63, 3.8) is 0 Å². The van der Waals surface area contributed by atoms with Crippen LogP contribution in [0.5, 0.6) is 0 Å². The molecule has 0 saturated carbocycles. The van der Waals surface area contributed by atoms with E-state index in [1.807, 2.05) is 54.6 Å². The minimum absolute atomic E-state index is 0.139. The van der Waals surface area contributed by atoms with Crippen molar-refractivity contribution in [2.45, 2.75) is 12.5 Å². The fraction of sp³-hybridized carbons (Fsp3) is 0.130. The van der Waals surface area contributed by atoms with E-state index >= 15 is 0 Å². The van der Waals surface area contributed by atoms with Gasteiger partial charge in [-0.2, -0.15) is 0 Å². The molecule has 0 fully saturated rings. The molecule has 3 rings (SSSR count). The molecule has 0 aliphatic rings. The van der Waals surface area contributed by atoms with Gasteiger partial charge in [0.25, 0.3) is 0 Å². The van der Waals surface area contributed by atoms with Crippen LogP contribution < -0.4 is 21.6 Å². The first kappa shape index (κ1) is 19.9. The number of benzene rings is 3. The smallest absolute Gasteiger partial charge is 0.320 e. The molecule has 0 amide bonds. The normalized spacial score (nSPS) is 12.3. The molecule has 0 bridgehead atoms. The fourth-order valence-electron chi connectivity index (χ4n) is 3.43. The van der Waals surface area contributed by atoms with E-state index in [1.54, 1.807) is 0 Å². The first-order valence-corrected chi connectivity index (χ1v) is 11.1. The van der Waals surface area contributed by atoms with Crippen LogP contribution in [0.2, 0.25) is 0 Å². The van der Waals surface area contributed by atoms with Gasteiger partial charge in [0.05, 0.1) is 0 Å². The van der Waals surface area contributed by atoms with Gasteiger partial charge in [0, 0.05) is 6.42 Å². The Bertz CT molecular complexity index is 833. The molecule has 0 aliphatic heterocycles. The summed E-state index contributed by atoms with van der Waals surface area (Å²) in [6, 6.07) is 28.9. The number of aliphatic carboxylic acids is 1. The molecular formula is C23H23NO3P+. The fourth-order valence-corrected chi connectivity index (χ4v) is 7.57. The molecule has 142 valence electrons. The van der Waals surface area contributed by atoms with Crippen molar-refractivity contribution < 1.29 is 14.7 Å². The number of carboxylic acids is 1. The maximum Gasteiger partial charge on any atom is 0.320 e. The quantitative estimate of drug-likeness (QED) is 0.577. The first-order valence-electron chi connectivity index (χ1n) is 9.09. The maximum absolute atomic E-state index is 13.0. The Hall–Kier alpha value is -2.81. The van der Waals surface area contributed by atoms with Gasteiger partial charge in [-0.3, -0.25) is 9.59 Å². The van der Waals surface area contributed by atoms with Crippen LogP contribution in [0.15, 0.2) is 91.0 Å². The molecule has 0 aliphatic carbocycles. The third kappa shape index (κ3) is 4.19. The van der Waals surface area contributed by atoms with Crippen molar-refractivity contribution in [1.29, 1.82) is 0 Å². The molecule has 0 aromatic heterocycles. The molecule has 1 atom stereocenters. The summed E-state index contributed by atoms with van der Waals surface area (Å²) < 4.78 is 0. The van der Waals surface area contributed by atoms with Gasteiger partial charge in [0.15, 0.2) is 5.78 Å². The molecular weight excluding hydrogens is 369 g/mol. The van der Waals surface area contributed by atoms with Crippen molar-refractivity contribution in [3.8, 4) is 0 Å². The van der Waals surface area contributed by atoms with Crippen molar-refractivity contribution in [1.82, 2.24) is 0 Å². The second-order valence-electron chi connectivity index (χ2n) is 6.66. The standard InChI is InChI=1S/C23H22NO3P/c24-22(23(26)27)16-18(25)17-28(19-10-4-1-5-11-19,20-12-6-2-7-13-20)21-14-8-3-9-15-21/h1-15,22H,16-17,24H2/p+1/t22-/m0/s1. The molecule has 28 heavy (non-hydrogen) atoms. The monoisotopic (exact) mass is 392 g/mol. The highest BCUT2D eigenvalue weighted by atomic mass is 31.2. The first-order chi connectivity index (χ1) is 13.5. The van der Waals surface area contributed by atoms with Gasteiger partial charge >= 0.3 is 5.97 Å². The van der Waals surface area contributed by atoms with Crippen molar-refractivity contribution in [2.75, 3.05) is 6.16 Å². The van der Waals surface area contributed by atoms with Gasteiger partial charge < -0.3 is 10.8 Å². The topological polar surface area (TPSA) is 80.4 Å². The summed E-state index contributed by atoms with van der Waals surface area (Å²) in [5, 5.41) is 12.4. The molecule has 4 nitrogen and oxygen atoms in total. The summed E-state index contributed by atoms with van der Waals surface area (Å²) in [6.45, 7) is 0. The highest BCUT2D eigenvalue weighted by Crippen LogP contribution is 2.55. The predicted molar refractivity (Wildman–Crippen MR) is 115 cm³/mol. The van der Waals surface area contributed by atoms with E-state index in [1.165, 1.54) is 0 Å². The number of carbonyl (C=O) groups excluding carboxylic acids is 1. The van der Waals surface area contributed by atoms with Crippen molar-refractivity contribution in [2.24, 2.45) is 5.73 Å². The lowest BCUT2D eigenvalue weighted by Crippen LogP contribution is -2.38. The van der Waals surface area contributed by atoms with Gasteiger partial charge in [0.1, 0.15) is 35.4 Å². The van der Waals surface area contributed by atoms with Gasteiger partial charge in [0.2, 0.25) is 0 Å². The number of carbonyl (C=O) groups is 2. The number of carboxylic acid groups (broad SMARTS) is 1. The van der Waals surface area contributed by atoms with E-state index < -0.39 is 19.3 Å². The average Bonchev–Trinajstić information content (AvgIpc) is 2.74. The van der Waals surface area contributed by atoms with Gasteiger partial charge in [-0.05, 0) is 36.4 Å². The van der Waals surface area contributed by atoms with Crippen LogP contribution in [0, 0.1) is 0 Å². The molecule has 5 heteroatoms. The number of rotatable bonds is 8. The third-order valence-electron chi connectivity index (χ3n) is 4.77. The van der Waals surface area contributed by atoms with E-state index in [4.69, 9.17) is 10.8 Å². The number of hydrogen-bond donors (Lipinski definition) is 2. The molecule has 0 radical (unpaired) electrons. The van der Waals surface area contributed by atoms with Gasteiger partial charge in [-0.1, -0.05) is 54.6 Å². The van der Waals surface area contributed by atoms with Crippen LogP contribution in [0.1, 0.15) is 6.42 Å². The summed E-state index contributed by atoms with van der Waals surface area (Å²) in [6.07, 6.45) is 0.0651. The van der Waals surface area contributed by atoms with E-state index in [0.29, 0.717) is 0 Å². The minimum atomic E-state index is -2.29. The Morgan fingerprint density at radius 3 is 1.43 bits per heavy atom. The predicted octanol–water partition coefficient (Wildman–Crippen LogP) is 2.35. The SMILES string of the molecule is N[C@@H](CC(=O)C[P+](c1ccccc1)(c1ccccc1)c1ccccc1)C(=O)O. The van der Waals surface area contributed by atoms with Crippen molar-refractivity contribution >= 4 is 34.9 Å². The lowest BCUT2D eigenvalue weighted by atomic mass is 10.2. The highest BCUT2D eigenvalue weighted by molar-refractivity contribution is 7.96. The lowest BCUT2D eigenvalue weighted by Gasteiger charge is -2.27. The van der Waals surface area contributed by atoms with E-state index in [-0.39, 0.29) is 18.4 Å². The zero-order valence-electron chi connectivity index (χ0n) is 15.4. The van der Waals surface area contributed by atoms with Gasteiger partial charge in [-0.15, -0.1) is 0 Å². The van der Waals surface area contributed by atoms with Crippen LogP contribution in [0.25, 0.3) is 0 Å². The maximum atomic E-state index is 13.0. The largest absolute Gasteiger partial charge is 0.480 e. The number of ketones is 1. The molecule has 0 spiro atoms. The summed E-state index contributed by atoms with van der Waals surface area (Å²) in [5.74, 6) is -1.30. The van der Waals surface area contributed by atoms with Crippen LogP contribution in [-0.4, -0.2) is 29.1 Å². The summed E-state index contributed by atoms with van der Waals surface area (Å²) in [5.41, 5.74) is 5.64. The minimum Gasteiger partial charge on any atom is -0.480 e. The molecule has 0 heterocycles. The third-order valence-corrected chi connectivity index (χ3v) is 9.14. The molecule has 3 aromatic carbocycles. The second-order valence-corrected chi connectivity index (χ2v) is 10.1. The Balaban J connectivity index is 2.17. The highest BCUT2D eigenvalue weighted by Gasteiger charge is 2.47. The average molecular weight is 392 g/mol. The zero-order chi connectivity index (χ0) is 20.0. The number of nitrogens with two attached hydrogens (primary N) is 1. The van der Waals surface area contributed by atoms with E-state index in [0.717, 1.165) is 15.9 Å². The molecule has 3 N–H and O–H groups in total.